The van der Waals surface area contributed by atoms with Crippen LogP contribution in [0.5, 0.6) is 0 Å². The highest BCUT2D eigenvalue weighted by Gasteiger charge is 2.17. The molecule has 0 saturated carbocycles. The van der Waals surface area contributed by atoms with E-state index < -0.39 is 5.97 Å². The number of carbonyl (C=O) groups excluding carboxylic acids is 1. The summed E-state index contributed by atoms with van der Waals surface area (Å²) in [6, 6.07) is 0. The molecule has 0 aliphatic heterocycles. The molecule has 0 amide bonds. The summed E-state index contributed by atoms with van der Waals surface area (Å²) in [6.07, 6.45) is 2.79. The fourth-order valence-electron chi connectivity index (χ4n) is 1.07. The maximum absolute atomic E-state index is 10.8. The van der Waals surface area contributed by atoms with E-state index in [1.807, 2.05) is 6.92 Å². The minimum absolute atomic E-state index is 0.143. The van der Waals surface area contributed by atoms with Gasteiger partial charge in [-0.1, -0.05) is 13.3 Å². The maximum atomic E-state index is 10.8. The van der Waals surface area contributed by atoms with Gasteiger partial charge in [0.25, 0.3) is 0 Å². The molecule has 72 valence electrons. The summed E-state index contributed by atoms with van der Waals surface area (Å²) >= 11 is 0. The third-order valence-electron chi connectivity index (χ3n) is 1.88. The van der Waals surface area contributed by atoms with Crippen LogP contribution in [0.15, 0.2) is 0 Å². The number of unbranched alkanes of at least 4 members (excludes halogenated alkanes) is 1. The molecule has 0 heterocycles. The lowest BCUT2D eigenvalue weighted by Gasteiger charge is -2.09. The molecular formula is C8H16O4. The van der Waals surface area contributed by atoms with Gasteiger partial charge in [0.15, 0.2) is 0 Å². The molecule has 0 spiro atoms. The van der Waals surface area contributed by atoms with E-state index in [0.29, 0.717) is 19.3 Å². The van der Waals surface area contributed by atoms with Crippen molar-refractivity contribution >= 4 is 5.97 Å². The molecule has 0 aliphatic rings. The molecule has 0 aromatic heterocycles. The predicted molar refractivity (Wildman–Crippen MR) is 43.4 cm³/mol. The van der Waals surface area contributed by atoms with Crippen LogP contribution in [0.3, 0.4) is 0 Å². The second kappa shape index (κ2) is 7.06. The summed E-state index contributed by atoms with van der Waals surface area (Å²) in [7, 11) is 0. The summed E-state index contributed by atoms with van der Waals surface area (Å²) in [5, 5.41) is 16.6. The van der Waals surface area contributed by atoms with Gasteiger partial charge in [-0.05, 0) is 19.3 Å². The second-order valence-corrected chi connectivity index (χ2v) is 2.73. The molecule has 0 rings (SSSR count). The molecule has 4 heteroatoms. The van der Waals surface area contributed by atoms with Gasteiger partial charge >= 0.3 is 5.97 Å². The van der Waals surface area contributed by atoms with Crippen molar-refractivity contribution in [1.82, 2.24) is 0 Å². The van der Waals surface area contributed by atoms with Crippen molar-refractivity contribution in [1.29, 1.82) is 0 Å². The molecule has 0 fully saturated rings. The first-order chi connectivity index (χ1) is 5.76. The molecule has 0 aromatic rings. The third kappa shape index (κ3) is 4.31. The molecule has 0 aliphatic carbocycles. The number of carbonyl (C=O) groups is 1. The molecular weight excluding hydrogens is 160 g/mol. The number of hydrogen-bond acceptors (Lipinski definition) is 4. The van der Waals surface area contributed by atoms with Crippen LogP contribution in [-0.2, 0) is 9.68 Å². The van der Waals surface area contributed by atoms with E-state index in [4.69, 9.17) is 10.4 Å². The average molecular weight is 176 g/mol. The van der Waals surface area contributed by atoms with Gasteiger partial charge in [0.1, 0.15) is 0 Å². The first-order valence-electron chi connectivity index (χ1n) is 4.22. The number of rotatable bonds is 6. The Morgan fingerprint density at radius 1 is 1.50 bits per heavy atom. The fourth-order valence-corrected chi connectivity index (χ4v) is 1.07. The Kier molecular flexibility index (Phi) is 6.70. The van der Waals surface area contributed by atoms with Crippen molar-refractivity contribution in [3.8, 4) is 0 Å². The predicted octanol–water partition coefficient (Wildman–Crippen LogP) is 1.19. The summed E-state index contributed by atoms with van der Waals surface area (Å²) in [5.74, 6) is -0.808. The Bertz CT molecular complexity index is 124. The molecule has 4 nitrogen and oxygen atoms in total. The molecule has 0 aromatic carbocycles. The Balaban J connectivity index is 3.60. The first kappa shape index (κ1) is 11.4. The Morgan fingerprint density at radius 3 is 2.58 bits per heavy atom. The standard InChI is InChI=1S/C8H16O4/c1-2-7(8(10)12-11)5-3-4-6-9/h7,9,11H,2-6H2,1H3. The van der Waals surface area contributed by atoms with Crippen molar-refractivity contribution in [2.75, 3.05) is 6.61 Å². The van der Waals surface area contributed by atoms with E-state index in [2.05, 4.69) is 4.89 Å². The lowest BCUT2D eigenvalue weighted by molar-refractivity contribution is -0.239. The van der Waals surface area contributed by atoms with E-state index >= 15 is 0 Å². The zero-order valence-electron chi connectivity index (χ0n) is 7.32. The van der Waals surface area contributed by atoms with Crippen molar-refractivity contribution in [3.05, 3.63) is 0 Å². The van der Waals surface area contributed by atoms with Crippen LogP contribution in [0.25, 0.3) is 0 Å². The van der Waals surface area contributed by atoms with Gasteiger partial charge < -0.3 is 9.99 Å². The van der Waals surface area contributed by atoms with Crippen LogP contribution in [-0.4, -0.2) is 22.9 Å². The average Bonchev–Trinajstić information content (AvgIpc) is 2.11. The van der Waals surface area contributed by atoms with Gasteiger partial charge in [-0.25, -0.2) is 4.79 Å². The van der Waals surface area contributed by atoms with Gasteiger partial charge in [0, 0.05) is 6.61 Å². The van der Waals surface area contributed by atoms with E-state index in [1.54, 1.807) is 0 Å². The molecule has 0 bridgehead atoms. The van der Waals surface area contributed by atoms with Gasteiger partial charge in [-0.2, -0.15) is 5.26 Å². The van der Waals surface area contributed by atoms with Gasteiger partial charge in [-0.3, -0.25) is 0 Å². The molecule has 0 radical (unpaired) electrons. The topological polar surface area (TPSA) is 66.8 Å². The quantitative estimate of drug-likeness (QED) is 0.362. The fraction of sp³-hybridized carbons (Fsp3) is 0.875. The van der Waals surface area contributed by atoms with Crippen LogP contribution in [0.1, 0.15) is 32.6 Å². The van der Waals surface area contributed by atoms with Crippen LogP contribution in [0, 0.1) is 5.92 Å². The molecule has 12 heavy (non-hydrogen) atoms. The van der Waals surface area contributed by atoms with Crippen molar-refractivity contribution in [2.24, 2.45) is 5.92 Å². The van der Waals surface area contributed by atoms with Crippen LogP contribution in [0.4, 0.5) is 0 Å². The monoisotopic (exact) mass is 176 g/mol. The lowest BCUT2D eigenvalue weighted by atomic mass is 10.00. The summed E-state index contributed by atoms with van der Waals surface area (Å²) in [5.41, 5.74) is 0. The third-order valence-corrected chi connectivity index (χ3v) is 1.88. The van der Waals surface area contributed by atoms with Crippen LogP contribution in [0.2, 0.25) is 0 Å². The SMILES string of the molecule is CCC(CCCCO)C(=O)OO. The van der Waals surface area contributed by atoms with Crippen LogP contribution >= 0.6 is 0 Å². The van der Waals surface area contributed by atoms with Crippen molar-refractivity contribution in [2.45, 2.75) is 32.6 Å². The van der Waals surface area contributed by atoms with Gasteiger partial charge in [0.05, 0.1) is 5.92 Å². The number of aliphatic hydroxyl groups is 1. The first-order valence-corrected chi connectivity index (χ1v) is 4.22. The zero-order valence-corrected chi connectivity index (χ0v) is 7.32. The van der Waals surface area contributed by atoms with E-state index in [-0.39, 0.29) is 12.5 Å². The summed E-state index contributed by atoms with van der Waals surface area (Å²) in [4.78, 5) is 14.4. The molecule has 1 unspecified atom stereocenters. The summed E-state index contributed by atoms with van der Waals surface area (Å²) < 4.78 is 0. The molecule has 2 N–H and O–H groups in total. The highest BCUT2D eigenvalue weighted by atomic mass is 17.1. The van der Waals surface area contributed by atoms with Crippen molar-refractivity contribution < 1.29 is 20.0 Å². The molecule has 0 saturated heterocycles. The summed E-state index contributed by atoms with van der Waals surface area (Å²) in [6.45, 7) is 2.01. The van der Waals surface area contributed by atoms with Gasteiger partial charge in [0.2, 0.25) is 0 Å². The molecule has 1 atom stereocenters. The Hall–Kier alpha value is -0.610. The highest BCUT2D eigenvalue weighted by Crippen LogP contribution is 2.13. The minimum atomic E-state index is -0.574. The Morgan fingerprint density at radius 2 is 2.17 bits per heavy atom. The number of aliphatic hydroxyl groups excluding tert-OH is 1. The lowest BCUT2D eigenvalue weighted by Crippen LogP contribution is -2.15. The van der Waals surface area contributed by atoms with E-state index in [1.165, 1.54) is 0 Å². The second-order valence-electron chi connectivity index (χ2n) is 2.73. The highest BCUT2D eigenvalue weighted by molar-refractivity contribution is 5.71. The minimum Gasteiger partial charge on any atom is -0.396 e. The van der Waals surface area contributed by atoms with Gasteiger partial charge in [-0.15, -0.1) is 0 Å². The maximum Gasteiger partial charge on any atom is 0.345 e. The van der Waals surface area contributed by atoms with Crippen LogP contribution < -0.4 is 0 Å². The van der Waals surface area contributed by atoms with E-state index in [0.717, 1.165) is 6.42 Å². The van der Waals surface area contributed by atoms with E-state index in [9.17, 15) is 4.79 Å². The number of hydrogen-bond donors (Lipinski definition) is 2. The smallest absolute Gasteiger partial charge is 0.345 e. The van der Waals surface area contributed by atoms with Crippen molar-refractivity contribution in [3.63, 3.8) is 0 Å². The Labute approximate surface area is 72.1 Å². The normalized spacial score (nSPS) is 12.6. The largest absolute Gasteiger partial charge is 0.396 e. The zero-order chi connectivity index (χ0) is 9.40.